The highest BCUT2D eigenvalue weighted by Crippen LogP contribution is 2.22. The Labute approximate surface area is 102 Å². The fourth-order valence-electron chi connectivity index (χ4n) is 1.67. The zero-order chi connectivity index (χ0) is 11.9. The van der Waals surface area contributed by atoms with Crippen molar-refractivity contribution in [3.63, 3.8) is 0 Å². The number of hydrogen-bond donors (Lipinski definition) is 1. The molecule has 0 unspecified atom stereocenters. The van der Waals surface area contributed by atoms with E-state index in [0.717, 1.165) is 18.7 Å². The summed E-state index contributed by atoms with van der Waals surface area (Å²) in [6, 6.07) is 10.9. The second-order valence-electron chi connectivity index (χ2n) is 4.37. The van der Waals surface area contributed by atoms with Crippen LogP contribution >= 0.6 is 0 Å². The van der Waals surface area contributed by atoms with Crippen LogP contribution < -0.4 is 10.1 Å². The Morgan fingerprint density at radius 3 is 2.94 bits per heavy atom. The van der Waals surface area contributed by atoms with Crippen molar-refractivity contribution in [3.05, 3.63) is 29.8 Å². The molecule has 1 saturated carbocycles. The minimum absolute atomic E-state index is 0.558. The third-order valence-corrected chi connectivity index (χ3v) is 2.82. The van der Waals surface area contributed by atoms with Crippen LogP contribution in [0.15, 0.2) is 24.3 Å². The van der Waals surface area contributed by atoms with E-state index < -0.39 is 0 Å². The highest BCUT2D eigenvalue weighted by molar-refractivity contribution is 5.33. The van der Waals surface area contributed by atoms with E-state index in [4.69, 9.17) is 10.00 Å². The molecule has 1 aliphatic rings. The van der Waals surface area contributed by atoms with Crippen molar-refractivity contribution < 1.29 is 4.74 Å². The van der Waals surface area contributed by atoms with E-state index in [9.17, 15) is 0 Å². The van der Waals surface area contributed by atoms with Gasteiger partial charge in [0.05, 0.1) is 12.7 Å². The SMILES string of the molecule is N#CCCCOc1ccccc1CNC1CC1. The van der Waals surface area contributed by atoms with Crippen molar-refractivity contribution in [1.29, 1.82) is 5.26 Å². The lowest BCUT2D eigenvalue weighted by atomic mass is 10.2. The van der Waals surface area contributed by atoms with Gasteiger partial charge in [-0.15, -0.1) is 0 Å². The molecule has 90 valence electrons. The van der Waals surface area contributed by atoms with Gasteiger partial charge in [0, 0.05) is 24.6 Å². The summed E-state index contributed by atoms with van der Waals surface area (Å²) in [5, 5.41) is 11.9. The molecule has 0 spiro atoms. The number of nitrogens with one attached hydrogen (secondary N) is 1. The van der Waals surface area contributed by atoms with Gasteiger partial charge >= 0.3 is 0 Å². The molecule has 3 nitrogen and oxygen atoms in total. The van der Waals surface area contributed by atoms with Crippen LogP contribution in [-0.2, 0) is 6.54 Å². The minimum atomic E-state index is 0.558. The summed E-state index contributed by atoms with van der Waals surface area (Å²) in [5.41, 5.74) is 1.20. The molecule has 0 aromatic heterocycles. The number of rotatable bonds is 7. The first-order valence-corrected chi connectivity index (χ1v) is 6.21. The number of nitriles is 1. The molecular weight excluding hydrogens is 212 g/mol. The van der Waals surface area contributed by atoms with Gasteiger partial charge in [-0.25, -0.2) is 0 Å². The van der Waals surface area contributed by atoms with Crippen LogP contribution in [0.3, 0.4) is 0 Å². The largest absolute Gasteiger partial charge is 0.493 e. The standard InChI is InChI=1S/C14H18N2O/c15-9-3-4-10-17-14-6-2-1-5-12(14)11-16-13-7-8-13/h1-2,5-6,13,16H,3-4,7-8,10-11H2. The predicted octanol–water partition coefficient (Wildman–Crippen LogP) is 2.62. The Balaban J connectivity index is 1.83. The first kappa shape index (κ1) is 11.9. The number of hydrogen-bond acceptors (Lipinski definition) is 3. The Kier molecular flexibility index (Phi) is 4.40. The summed E-state index contributed by atoms with van der Waals surface area (Å²) in [6.07, 6.45) is 3.94. The molecule has 1 fully saturated rings. The van der Waals surface area contributed by atoms with Crippen LogP contribution in [0.4, 0.5) is 0 Å². The van der Waals surface area contributed by atoms with Gasteiger partial charge in [-0.05, 0) is 25.3 Å². The van der Waals surface area contributed by atoms with Crippen LogP contribution in [-0.4, -0.2) is 12.6 Å². The van der Waals surface area contributed by atoms with Gasteiger partial charge in [-0.3, -0.25) is 0 Å². The fourth-order valence-corrected chi connectivity index (χ4v) is 1.67. The summed E-state index contributed by atoms with van der Waals surface area (Å²) >= 11 is 0. The second-order valence-corrected chi connectivity index (χ2v) is 4.37. The minimum Gasteiger partial charge on any atom is -0.493 e. The molecule has 0 bridgehead atoms. The van der Waals surface area contributed by atoms with E-state index in [-0.39, 0.29) is 0 Å². The number of unbranched alkanes of at least 4 members (excludes halogenated alkanes) is 1. The van der Waals surface area contributed by atoms with Crippen LogP contribution in [0.5, 0.6) is 5.75 Å². The van der Waals surface area contributed by atoms with Crippen molar-refractivity contribution in [2.45, 2.75) is 38.3 Å². The molecule has 1 N–H and O–H groups in total. The van der Waals surface area contributed by atoms with Gasteiger partial charge in [0.2, 0.25) is 0 Å². The molecule has 0 heterocycles. The Morgan fingerprint density at radius 1 is 1.35 bits per heavy atom. The number of para-hydroxylation sites is 1. The number of benzene rings is 1. The van der Waals surface area contributed by atoms with Gasteiger partial charge in [-0.1, -0.05) is 18.2 Å². The quantitative estimate of drug-likeness (QED) is 0.732. The molecule has 0 amide bonds. The summed E-state index contributed by atoms with van der Waals surface area (Å²) in [7, 11) is 0. The first-order valence-electron chi connectivity index (χ1n) is 6.21. The van der Waals surface area contributed by atoms with Gasteiger partial charge in [0.25, 0.3) is 0 Å². The Bertz CT molecular complexity index is 393. The molecule has 3 heteroatoms. The van der Waals surface area contributed by atoms with Gasteiger partial charge in [-0.2, -0.15) is 5.26 Å². The molecule has 0 saturated heterocycles. The van der Waals surface area contributed by atoms with Crippen molar-refractivity contribution in [3.8, 4) is 11.8 Å². The third kappa shape index (κ3) is 4.08. The summed E-state index contributed by atoms with van der Waals surface area (Å²) in [4.78, 5) is 0. The van der Waals surface area contributed by atoms with E-state index in [1.165, 1.54) is 18.4 Å². The third-order valence-electron chi connectivity index (χ3n) is 2.82. The maximum atomic E-state index is 8.45. The highest BCUT2D eigenvalue weighted by atomic mass is 16.5. The summed E-state index contributed by atoms with van der Waals surface area (Å²) < 4.78 is 5.70. The zero-order valence-corrected chi connectivity index (χ0v) is 9.98. The normalized spacial score (nSPS) is 14.3. The van der Waals surface area contributed by atoms with Crippen molar-refractivity contribution >= 4 is 0 Å². The topological polar surface area (TPSA) is 45.0 Å². The maximum absolute atomic E-state index is 8.45. The predicted molar refractivity (Wildman–Crippen MR) is 66.6 cm³/mol. The molecule has 0 atom stereocenters. The zero-order valence-electron chi connectivity index (χ0n) is 9.98. The number of nitrogens with zero attached hydrogens (tertiary/aromatic N) is 1. The number of ether oxygens (including phenoxy) is 1. The van der Waals surface area contributed by atoms with Crippen LogP contribution in [0, 0.1) is 11.3 Å². The van der Waals surface area contributed by atoms with E-state index in [1.807, 2.05) is 18.2 Å². The second kappa shape index (κ2) is 6.27. The monoisotopic (exact) mass is 230 g/mol. The fraction of sp³-hybridized carbons (Fsp3) is 0.500. The highest BCUT2D eigenvalue weighted by Gasteiger charge is 2.20. The molecule has 0 radical (unpaired) electrons. The van der Waals surface area contributed by atoms with Crippen molar-refractivity contribution in [2.24, 2.45) is 0 Å². The lowest BCUT2D eigenvalue weighted by molar-refractivity contribution is 0.308. The van der Waals surface area contributed by atoms with Crippen molar-refractivity contribution in [1.82, 2.24) is 5.32 Å². The lowest BCUT2D eigenvalue weighted by Gasteiger charge is -2.11. The average molecular weight is 230 g/mol. The van der Waals surface area contributed by atoms with Crippen molar-refractivity contribution in [2.75, 3.05) is 6.61 Å². The summed E-state index contributed by atoms with van der Waals surface area (Å²) in [5.74, 6) is 0.943. The molecule has 2 rings (SSSR count). The first-order chi connectivity index (χ1) is 8.40. The summed E-state index contributed by atoms with van der Waals surface area (Å²) in [6.45, 7) is 1.49. The van der Waals surface area contributed by atoms with E-state index in [2.05, 4.69) is 17.5 Å². The Morgan fingerprint density at radius 2 is 2.18 bits per heavy atom. The molecule has 0 aliphatic heterocycles. The van der Waals surface area contributed by atoms with Crippen LogP contribution in [0.1, 0.15) is 31.2 Å². The molecular formula is C14H18N2O. The van der Waals surface area contributed by atoms with E-state index in [0.29, 0.717) is 19.1 Å². The molecule has 1 aromatic carbocycles. The molecule has 17 heavy (non-hydrogen) atoms. The maximum Gasteiger partial charge on any atom is 0.123 e. The average Bonchev–Trinajstić information content (AvgIpc) is 3.17. The van der Waals surface area contributed by atoms with Gasteiger partial charge < -0.3 is 10.1 Å². The lowest BCUT2D eigenvalue weighted by Crippen LogP contribution is -2.16. The van der Waals surface area contributed by atoms with Gasteiger partial charge in [0.1, 0.15) is 5.75 Å². The smallest absolute Gasteiger partial charge is 0.123 e. The van der Waals surface area contributed by atoms with E-state index in [1.54, 1.807) is 0 Å². The molecule has 1 aromatic rings. The van der Waals surface area contributed by atoms with Crippen LogP contribution in [0.2, 0.25) is 0 Å². The Hall–Kier alpha value is -1.53. The molecule has 1 aliphatic carbocycles. The van der Waals surface area contributed by atoms with E-state index >= 15 is 0 Å². The van der Waals surface area contributed by atoms with Gasteiger partial charge in [0.15, 0.2) is 0 Å². The van der Waals surface area contributed by atoms with Crippen LogP contribution in [0.25, 0.3) is 0 Å².